The number of thiol groups is 1. The summed E-state index contributed by atoms with van der Waals surface area (Å²) in [5.74, 6) is 1.22. The Bertz CT molecular complexity index is 1290. The molecule has 0 radical (unpaired) electrons. The Balaban J connectivity index is 0.000000521. The third-order valence-electron chi connectivity index (χ3n) is 8.20. The largest absolute Gasteiger partial charge is 0.480 e. The Hall–Kier alpha value is -2.01. The molecule has 1 aliphatic carbocycles. The van der Waals surface area contributed by atoms with Gasteiger partial charge in [-0.15, -0.1) is 0 Å². The minimum atomic E-state index is -3.07. The van der Waals surface area contributed by atoms with E-state index in [2.05, 4.69) is 22.8 Å². The van der Waals surface area contributed by atoms with Crippen LogP contribution in [0.4, 0.5) is 0 Å². The first-order valence-electron chi connectivity index (χ1n) is 14.8. The molecule has 0 bridgehead atoms. The average Bonchev–Trinajstić information content (AvgIpc) is 3.45. The van der Waals surface area contributed by atoms with Gasteiger partial charge in [-0.3, -0.25) is 9.69 Å². The quantitative estimate of drug-likeness (QED) is 0.272. The highest BCUT2D eigenvalue weighted by Gasteiger charge is 2.30. The molecule has 10 heteroatoms. The molecule has 2 aromatic carbocycles. The fourth-order valence-electron chi connectivity index (χ4n) is 5.63. The normalized spacial score (nSPS) is 18.6. The van der Waals surface area contributed by atoms with Gasteiger partial charge in [-0.2, -0.15) is 24.4 Å². The second-order valence-electron chi connectivity index (χ2n) is 11.5. The third-order valence-corrected chi connectivity index (χ3v) is 11.0. The van der Waals surface area contributed by atoms with E-state index in [-0.39, 0.29) is 5.25 Å². The molecular formula is C32H46N2O5S3. The molecule has 1 amide bonds. The first-order valence-corrected chi connectivity index (χ1v) is 18.7. The lowest BCUT2D eigenvalue weighted by atomic mass is 9.91. The number of nitrogens with one attached hydrogen (secondary N) is 1. The molecule has 2 aliphatic rings. The Morgan fingerprint density at radius 3 is 2.38 bits per heavy atom. The highest BCUT2D eigenvalue weighted by Crippen LogP contribution is 2.30. The van der Waals surface area contributed by atoms with Gasteiger partial charge < -0.3 is 10.4 Å². The number of benzene rings is 2. The maximum Gasteiger partial charge on any atom is 0.326 e. The number of likely N-dealkylation sites (tertiary alicyclic amines) is 1. The summed E-state index contributed by atoms with van der Waals surface area (Å²) in [6.45, 7) is 3.75. The fraction of sp³-hybridized carbons (Fsp3) is 0.562. The highest BCUT2D eigenvalue weighted by atomic mass is 32.2. The van der Waals surface area contributed by atoms with Crippen molar-refractivity contribution in [2.75, 3.05) is 37.1 Å². The molecule has 232 valence electrons. The molecule has 2 aromatic rings. The van der Waals surface area contributed by atoms with Gasteiger partial charge in [0.05, 0.1) is 5.25 Å². The molecule has 1 saturated heterocycles. The Labute approximate surface area is 261 Å². The van der Waals surface area contributed by atoms with Crippen molar-refractivity contribution in [3.05, 3.63) is 59.2 Å². The molecule has 2 unspecified atom stereocenters. The number of rotatable bonds is 11. The zero-order chi connectivity index (χ0) is 30.7. The van der Waals surface area contributed by atoms with Crippen molar-refractivity contribution in [3.63, 3.8) is 0 Å². The molecule has 2 atom stereocenters. The summed E-state index contributed by atoms with van der Waals surface area (Å²) in [6.07, 6.45) is 11.4. The van der Waals surface area contributed by atoms with Crippen LogP contribution in [-0.4, -0.2) is 78.7 Å². The van der Waals surface area contributed by atoms with Crippen molar-refractivity contribution in [2.24, 2.45) is 5.92 Å². The third kappa shape index (κ3) is 10.3. The summed E-state index contributed by atoms with van der Waals surface area (Å²) in [6, 6.07) is 12.4. The number of carbonyl (C=O) groups excluding carboxylic acids is 1. The predicted molar refractivity (Wildman–Crippen MR) is 177 cm³/mol. The molecule has 7 nitrogen and oxygen atoms in total. The molecule has 2 N–H and O–H groups in total. The van der Waals surface area contributed by atoms with Crippen LogP contribution in [0, 0.1) is 12.8 Å². The second-order valence-corrected chi connectivity index (χ2v) is 15.2. The standard InChI is InChI=1S/C25H32N2O5S2.C7H14S/c1-17-6-4-5-7-20(17)22-14-18(15-27-12-10-19(16-27)34(3,31)32)8-9-21(22)24(28)26-23(25(29)30)11-13-33-2;8-6-7-4-2-1-3-5-7/h4-9,14,19,23H,10-13,15-16H2,1-3H3,(H,26,28)(H,29,30);7-8H,1-6H2. The Morgan fingerprint density at radius 2 is 1.81 bits per heavy atom. The van der Waals surface area contributed by atoms with Gasteiger partial charge in [0.15, 0.2) is 9.84 Å². The molecular weight excluding hydrogens is 589 g/mol. The molecule has 0 spiro atoms. The number of amides is 1. The van der Waals surface area contributed by atoms with Gasteiger partial charge in [0.25, 0.3) is 5.91 Å². The van der Waals surface area contributed by atoms with Gasteiger partial charge >= 0.3 is 5.97 Å². The fourth-order valence-corrected chi connectivity index (χ4v) is 7.48. The van der Waals surface area contributed by atoms with Gasteiger partial charge in [-0.25, -0.2) is 13.2 Å². The van der Waals surface area contributed by atoms with Crippen LogP contribution < -0.4 is 5.32 Å². The topological polar surface area (TPSA) is 104 Å². The number of thioether (sulfide) groups is 1. The summed E-state index contributed by atoms with van der Waals surface area (Å²) in [4.78, 5) is 26.9. The van der Waals surface area contributed by atoms with E-state index in [0.717, 1.165) is 33.9 Å². The van der Waals surface area contributed by atoms with Gasteiger partial charge in [0, 0.05) is 24.9 Å². The average molecular weight is 635 g/mol. The monoisotopic (exact) mass is 634 g/mol. The summed E-state index contributed by atoms with van der Waals surface area (Å²) < 4.78 is 23.8. The van der Waals surface area contributed by atoms with E-state index in [1.807, 2.05) is 49.6 Å². The van der Waals surface area contributed by atoms with Crippen LogP contribution in [0.15, 0.2) is 42.5 Å². The van der Waals surface area contributed by atoms with Gasteiger partial charge in [-0.05, 0) is 97.2 Å². The Morgan fingerprint density at radius 1 is 1.10 bits per heavy atom. The van der Waals surface area contributed by atoms with Crippen LogP contribution in [-0.2, 0) is 21.2 Å². The number of carboxylic acid groups (broad SMARTS) is 1. The lowest BCUT2D eigenvalue weighted by Crippen LogP contribution is -2.41. The summed E-state index contributed by atoms with van der Waals surface area (Å²) in [5.41, 5.74) is 4.04. The van der Waals surface area contributed by atoms with E-state index in [1.54, 1.807) is 6.07 Å². The van der Waals surface area contributed by atoms with Crippen molar-refractivity contribution >= 4 is 46.1 Å². The number of nitrogens with zero attached hydrogens (tertiary/aromatic N) is 1. The van der Waals surface area contributed by atoms with E-state index < -0.39 is 27.8 Å². The number of aliphatic carboxylic acids is 1. The first-order chi connectivity index (χ1) is 20.0. The van der Waals surface area contributed by atoms with E-state index in [9.17, 15) is 23.1 Å². The van der Waals surface area contributed by atoms with Crippen molar-refractivity contribution in [2.45, 2.75) is 69.7 Å². The van der Waals surface area contributed by atoms with Crippen LogP contribution in [0.25, 0.3) is 11.1 Å². The SMILES string of the molecule is CSCCC(NC(=O)c1ccc(CN2CCC(S(C)(=O)=O)C2)cc1-c1ccccc1C)C(=O)O.SCC1CCCCC1. The maximum absolute atomic E-state index is 13.2. The highest BCUT2D eigenvalue weighted by molar-refractivity contribution is 7.98. The van der Waals surface area contributed by atoms with Gasteiger partial charge in [0.2, 0.25) is 0 Å². The van der Waals surface area contributed by atoms with E-state index in [1.165, 1.54) is 50.1 Å². The number of hydrogen-bond acceptors (Lipinski definition) is 7. The smallest absolute Gasteiger partial charge is 0.326 e. The van der Waals surface area contributed by atoms with E-state index >= 15 is 0 Å². The van der Waals surface area contributed by atoms with E-state index in [0.29, 0.717) is 43.8 Å². The molecule has 1 heterocycles. The molecule has 42 heavy (non-hydrogen) atoms. The van der Waals surface area contributed by atoms with Crippen LogP contribution in [0.5, 0.6) is 0 Å². The van der Waals surface area contributed by atoms with Crippen LogP contribution >= 0.6 is 24.4 Å². The zero-order valence-corrected chi connectivity index (χ0v) is 27.6. The van der Waals surface area contributed by atoms with Gasteiger partial charge in [0.1, 0.15) is 6.04 Å². The number of sulfone groups is 1. The lowest BCUT2D eigenvalue weighted by Gasteiger charge is -2.20. The molecule has 4 rings (SSSR count). The summed E-state index contributed by atoms with van der Waals surface area (Å²) in [7, 11) is -3.07. The van der Waals surface area contributed by atoms with Crippen molar-refractivity contribution in [1.82, 2.24) is 10.2 Å². The van der Waals surface area contributed by atoms with Gasteiger partial charge in [-0.1, -0.05) is 49.6 Å². The van der Waals surface area contributed by atoms with E-state index in [4.69, 9.17) is 0 Å². The maximum atomic E-state index is 13.2. The van der Waals surface area contributed by atoms with Crippen molar-refractivity contribution in [3.8, 4) is 11.1 Å². The number of carbonyl (C=O) groups is 2. The van der Waals surface area contributed by atoms with Crippen LogP contribution in [0.2, 0.25) is 0 Å². The first kappa shape index (κ1) is 34.5. The molecule has 1 aliphatic heterocycles. The molecule has 0 aromatic heterocycles. The lowest BCUT2D eigenvalue weighted by molar-refractivity contribution is -0.139. The number of hydrogen-bond donors (Lipinski definition) is 3. The van der Waals surface area contributed by atoms with Crippen LogP contribution in [0.3, 0.4) is 0 Å². The predicted octanol–water partition coefficient (Wildman–Crippen LogP) is 5.71. The zero-order valence-electron chi connectivity index (χ0n) is 25.0. The summed E-state index contributed by atoms with van der Waals surface area (Å²) in [5, 5.41) is 11.9. The number of aryl methyl sites for hydroxylation is 1. The summed E-state index contributed by atoms with van der Waals surface area (Å²) >= 11 is 5.80. The Kier molecular flexibility index (Phi) is 13.7. The van der Waals surface area contributed by atoms with Crippen molar-refractivity contribution in [1.29, 1.82) is 0 Å². The second kappa shape index (κ2) is 16.7. The minimum absolute atomic E-state index is 0.344. The molecule has 2 fully saturated rings. The molecule has 1 saturated carbocycles. The minimum Gasteiger partial charge on any atom is -0.480 e. The van der Waals surface area contributed by atoms with Crippen LogP contribution in [0.1, 0.15) is 66.4 Å². The number of carboxylic acids is 1. The van der Waals surface area contributed by atoms with Crippen molar-refractivity contribution < 1.29 is 23.1 Å².